The number of rotatable bonds is 3. The van der Waals surface area contributed by atoms with Crippen molar-refractivity contribution in [1.29, 1.82) is 0 Å². The van der Waals surface area contributed by atoms with Crippen molar-refractivity contribution in [2.24, 2.45) is 11.3 Å². The Morgan fingerprint density at radius 2 is 1.50 bits per heavy atom. The van der Waals surface area contributed by atoms with Crippen LogP contribution in [0.4, 0.5) is 0 Å². The van der Waals surface area contributed by atoms with Gasteiger partial charge < -0.3 is 10.2 Å². The zero-order chi connectivity index (χ0) is 18.9. The van der Waals surface area contributed by atoms with E-state index in [1.807, 2.05) is 4.90 Å². The Kier molecular flexibility index (Phi) is 7.29. The van der Waals surface area contributed by atoms with Gasteiger partial charge in [-0.05, 0) is 38.1 Å². The van der Waals surface area contributed by atoms with Gasteiger partial charge in [-0.1, -0.05) is 25.7 Å². The number of hydrogen-bond acceptors (Lipinski definition) is 4. The number of halogens is 1. The topological polar surface area (TPSA) is 73.0 Å². The fraction of sp³-hybridized carbons (Fsp3) is 0.947. The number of carbonyl (C=O) groups is 1. The van der Waals surface area contributed by atoms with Crippen LogP contribution in [-0.2, 0) is 15.0 Å². The van der Waals surface area contributed by atoms with E-state index in [0.29, 0.717) is 45.2 Å². The highest BCUT2D eigenvalue weighted by Crippen LogP contribution is 2.45. The van der Waals surface area contributed by atoms with Crippen molar-refractivity contribution in [3.8, 4) is 0 Å². The van der Waals surface area contributed by atoms with Crippen molar-refractivity contribution in [1.82, 2.24) is 18.8 Å². The molecule has 1 N–H and O–H groups in total. The highest BCUT2D eigenvalue weighted by Gasteiger charge is 2.51. The maximum absolute atomic E-state index is 13.4. The van der Waals surface area contributed by atoms with E-state index in [0.717, 1.165) is 58.0 Å². The summed E-state index contributed by atoms with van der Waals surface area (Å²) in [6.07, 6.45) is 8.62. The molecule has 9 heteroatoms. The molecule has 3 heterocycles. The molecule has 1 aliphatic carbocycles. The summed E-state index contributed by atoms with van der Waals surface area (Å²) in [5, 5.41) is 3.45. The van der Waals surface area contributed by atoms with Crippen LogP contribution in [0.15, 0.2) is 0 Å². The van der Waals surface area contributed by atoms with Crippen LogP contribution in [0.25, 0.3) is 0 Å². The summed E-state index contributed by atoms with van der Waals surface area (Å²) in [7, 11) is -3.39. The predicted octanol–water partition coefficient (Wildman–Crippen LogP) is 1.45. The molecule has 28 heavy (non-hydrogen) atoms. The van der Waals surface area contributed by atoms with Crippen LogP contribution in [0.5, 0.6) is 0 Å². The first-order valence-electron chi connectivity index (χ1n) is 10.8. The molecule has 0 spiro atoms. The summed E-state index contributed by atoms with van der Waals surface area (Å²) in [6, 6.07) is 0. The highest BCUT2D eigenvalue weighted by molar-refractivity contribution is 7.86. The van der Waals surface area contributed by atoms with Gasteiger partial charge in [-0.15, -0.1) is 12.4 Å². The smallest absolute Gasteiger partial charge is 0.282 e. The van der Waals surface area contributed by atoms with E-state index < -0.39 is 10.2 Å². The number of nitrogens with one attached hydrogen (secondary N) is 1. The van der Waals surface area contributed by atoms with Gasteiger partial charge in [-0.3, -0.25) is 4.79 Å². The van der Waals surface area contributed by atoms with Crippen molar-refractivity contribution >= 4 is 28.5 Å². The number of piperazine rings is 1. The Morgan fingerprint density at radius 3 is 2.18 bits per heavy atom. The summed E-state index contributed by atoms with van der Waals surface area (Å²) in [6.45, 7) is 4.94. The third-order valence-electron chi connectivity index (χ3n) is 7.21. The lowest BCUT2D eigenvalue weighted by Crippen LogP contribution is -2.58. The molecule has 0 aromatic rings. The van der Waals surface area contributed by atoms with Crippen LogP contribution in [0.1, 0.15) is 51.4 Å². The summed E-state index contributed by atoms with van der Waals surface area (Å²) < 4.78 is 29.2. The van der Waals surface area contributed by atoms with Crippen molar-refractivity contribution in [2.45, 2.75) is 51.4 Å². The van der Waals surface area contributed by atoms with Crippen LogP contribution in [-0.4, -0.2) is 80.2 Å². The molecule has 162 valence electrons. The zero-order valence-electron chi connectivity index (χ0n) is 16.8. The molecule has 4 aliphatic rings. The molecule has 1 saturated carbocycles. The molecule has 0 aromatic carbocycles. The van der Waals surface area contributed by atoms with Crippen LogP contribution in [0.3, 0.4) is 0 Å². The van der Waals surface area contributed by atoms with Gasteiger partial charge in [0.2, 0.25) is 5.91 Å². The summed E-state index contributed by atoms with van der Waals surface area (Å²) in [4.78, 5) is 15.3. The third kappa shape index (κ3) is 4.08. The van der Waals surface area contributed by atoms with E-state index >= 15 is 0 Å². The minimum atomic E-state index is -3.39. The summed E-state index contributed by atoms with van der Waals surface area (Å²) in [5.74, 6) is 0.724. The second-order valence-electron chi connectivity index (χ2n) is 8.74. The highest BCUT2D eigenvalue weighted by atomic mass is 35.5. The van der Waals surface area contributed by atoms with Gasteiger partial charge in [-0.2, -0.15) is 17.0 Å². The summed E-state index contributed by atoms with van der Waals surface area (Å²) in [5.41, 5.74) is -0.232. The first-order valence-corrected chi connectivity index (χ1v) is 12.2. The van der Waals surface area contributed by atoms with Gasteiger partial charge in [0, 0.05) is 45.8 Å². The normalized spacial score (nSPS) is 33.0. The molecule has 4 fully saturated rings. The molecule has 2 atom stereocenters. The maximum atomic E-state index is 13.4. The Balaban J connectivity index is 0.00000225. The van der Waals surface area contributed by atoms with Crippen LogP contribution < -0.4 is 5.32 Å². The van der Waals surface area contributed by atoms with E-state index in [1.165, 1.54) is 6.42 Å². The van der Waals surface area contributed by atoms with E-state index in [1.54, 1.807) is 8.61 Å². The fourth-order valence-electron chi connectivity index (χ4n) is 5.54. The van der Waals surface area contributed by atoms with Crippen LogP contribution >= 0.6 is 12.4 Å². The Hall–Kier alpha value is -0.410. The van der Waals surface area contributed by atoms with Gasteiger partial charge in [0.25, 0.3) is 10.2 Å². The van der Waals surface area contributed by atoms with Crippen LogP contribution in [0, 0.1) is 11.3 Å². The summed E-state index contributed by atoms with van der Waals surface area (Å²) >= 11 is 0. The van der Waals surface area contributed by atoms with Crippen molar-refractivity contribution in [3.05, 3.63) is 0 Å². The van der Waals surface area contributed by atoms with Gasteiger partial charge in [0.1, 0.15) is 0 Å². The molecule has 4 rings (SSSR count). The molecular formula is C19H35ClN4O3S. The van der Waals surface area contributed by atoms with E-state index in [-0.39, 0.29) is 23.7 Å². The molecular weight excluding hydrogens is 400 g/mol. The lowest BCUT2D eigenvalue weighted by molar-refractivity contribution is -0.146. The molecule has 0 bridgehead atoms. The van der Waals surface area contributed by atoms with E-state index in [9.17, 15) is 13.2 Å². The average molecular weight is 435 g/mol. The first kappa shape index (κ1) is 22.3. The number of carbonyl (C=O) groups excluding carboxylic acids is 1. The molecule has 0 radical (unpaired) electrons. The minimum absolute atomic E-state index is 0. The van der Waals surface area contributed by atoms with Crippen molar-refractivity contribution in [2.75, 3.05) is 52.4 Å². The Morgan fingerprint density at radius 1 is 0.857 bits per heavy atom. The van der Waals surface area contributed by atoms with Crippen molar-refractivity contribution < 1.29 is 13.2 Å². The Labute approximate surface area is 175 Å². The lowest BCUT2D eigenvalue weighted by atomic mass is 9.67. The zero-order valence-corrected chi connectivity index (χ0v) is 18.4. The molecule has 7 nitrogen and oxygen atoms in total. The predicted molar refractivity (Wildman–Crippen MR) is 112 cm³/mol. The standard InChI is InChI=1S/C19H34N4O3S.ClH/c24-18(19-8-4-3-7-17(19)15-20-16-19)21-11-13-23(14-12-21)27(25,26)22-9-5-1-2-6-10-22;/h17,20H,1-16H2;1H/t17-,19+;/m0./s1. The molecule has 0 aromatic heterocycles. The lowest BCUT2D eigenvalue weighted by Gasteiger charge is -2.43. The monoisotopic (exact) mass is 434 g/mol. The average Bonchev–Trinajstić information content (AvgIpc) is 2.94. The van der Waals surface area contributed by atoms with Crippen molar-refractivity contribution in [3.63, 3.8) is 0 Å². The number of amides is 1. The number of nitrogens with zero attached hydrogens (tertiary/aromatic N) is 3. The first-order chi connectivity index (χ1) is 13.0. The van der Waals surface area contributed by atoms with Crippen LogP contribution in [0.2, 0.25) is 0 Å². The maximum Gasteiger partial charge on any atom is 0.282 e. The van der Waals surface area contributed by atoms with E-state index in [4.69, 9.17) is 0 Å². The van der Waals surface area contributed by atoms with E-state index in [2.05, 4.69) is 5.32 Å². The Bertz CT molecular complexity index is 646. The second-order valence-corrected chi connectivity index (χ2v) is 10.7. The third-order valence-corrected chi connectivity index (χ3v) is 9.24. The van der Waals surface area contributed by atoms with Gasteiger partial charge >= 0.3 is 0 Å². The number of fused-ring (bicyclic) bond motifs is 1. The van der Waals surface area contributed by atoms with Gasteiger partial charge in [0.15, 0.2) is 0 Å². The largest absolute Gasteiger partial charge is 0.340 e. The fourth-order valence-corrected chi connectivity index (χ4v) is 7.21. The van der Waals surface area contributed by atoms with Gasteiger partial charge in [-0.25, -0.2) is 0 Å². The van der Waals surface area contributed by atoms with Gasteiger partial charge in [0.05, 0.1) is 5.41 Å². The SMILES string of the molecule is Cl.O=C(N1CCN(S(=O)(=O)N2CCCCCC2)CC1)[C@@]12CCCC[C@H]1CNC2. The minimum Gasteiger partial charge on any atom is -0.340 e. The number of hydrogen-bond donors (Lipinski definition) is 1. The second kappa shape index (κ2) is 9.16. The molecule has 0 unspecified atom stereocenters. The molecule has 1 amide bonds. The quantitative estimate of drug-likeness (QED) is 0.729. The molecule has 3 saturated heterocycles. The molecule has 3 aliphatic heterocycles.